The highest BCUT2D eigenvalue weighted by Crippen LogP contribution is 2.15. The molecule has 0 aliphatic carbocycles. The Hall–Kier alpha value is -2.97. The number of primary amides is 1. The molecule has 0 atom stereocenters. The third-order valence-corrected chi connectivity index (χ3v) is 2.33. The normalized spacial score (nSPS) is 10.4. The average Bonchev–Trinajstić information content (AvgIpc) is 2.32. The molecule has 0 spiro atoms. The summed E-state index contributed by atoms with van der Waals surface area (Å²) in [5.41, 5.74) is 2.92. The van der Waals surface area contributed by atoms with Gasteiger partial charge >= 0.3 is 6.03 Å². The van der Waals surface area contributed by atoms with Crippen LogP contribution in [0, 0.1) is 10.1 Å². The van der Waals surface area contributed by atoms with E-state index in [0.717, 1.165) is 18.2 Å². The van der Waals surface area contributed by atoms with E-state index in [2.05, 4.69) is 0 Å². The fourth-order valence-electron chi connectivity index (χ4n) is 1.51. The molecule has 0 bridgehead atoms. The zero-order valence-electron chi connectivity index (χ0n) is 8.75. The van der Waals surface area contributed by atoms with Crippen LogP contribution in [0.2, 0.25) is 0 Å². The van der Waals surface area contributed by atoms with Crippen molar-refractivity contribution in [1.82, 2.24) is 9.78 Å². The second-order valence-electron chi connectivity index (χ2n) is 3.41. The minimum absolute atomic E-state index is 0.122. The number of nitro benzene ring substituents is 1. The molecule has 0 saturated heterocycles. The van der Waals surface area contributed by atoms with Crippen LogP contribution in [0.15, 0.2) is 27.8 Å². The zero-order chi connectivity index (χ0) is 13.4. The summed E-state index contributed by atoms with van der Waals surface area (Å²) in [6.07, 6.45) is 0. The van der Waals surface area contributed by atoms with Crippen molar-refractivity contribution in [3.8, 4) is 0 Å². The molecule has 9 nitrogen and oxygen atoms in total. The van der Waals surface area contributed by atoms with E-state index < -0.39 is 22.1 Å². The molecular formula is C9H6N4O5. The first-order chi connectivity index (χ1) is 8.41. The van der Waals surface area contributed by atoms with Crippen LogP contribution in [-0.2, 0) is 0 Å². The lowest BCUT2D eigenvalue weighted by Crippen LogP contribution is -2.37. The molecule has 9 heteroatoms. The van der Waals surface area contributed by atoms with Gasteiger partial charge in [0.25, 0.3) is 16.8 Å². The highest BCUT2D eigenvalue weighted by atomic mass is 16.6. The van der Waals surface area contributed by atoms with Crippen molar-refractivity contribution in [2.75, 3.05) is 0 Å². The first-order valence-electron chi connectivity index (χ1n) is 4.65. The van der Waals surface area contributed by atoms with Crippen molar-refractivity contribution >= 4 is 22.5 Å². The number of hydrogen-bond acceptors (Lipinski definition) is 5. The van der Waals surface area contributed by atoms with E-state index in [1.807, 2.05) is 5.10 Å². The van der Waals surface area contributed by atoms with Gasteiger partial charge in [-0.05, 0) is 6.07 Å². The van der Waals surface area contributed by atoms with Gasteiger partial charge in [0.15, 0.2) is 0 Å². The van der Waals surface area contributed by atoms with E-state index in [-0.39, 0.29) is 16.5 Å². The number of aromatic amines is 1. The van der Waals surface area contributed by atoms with Crippen molar-refractivity contribution in [2.24, 2.45) is 5.73 Å². The van der Waals surface area contributed by atoms with Crippen molar-refractivity contribution < 1.29 is 9.72 Å². The fraction of sp³-hybridized carbons (Fsp3) is 0. The Balaban J connectivity index is 2.93. The Morgan fingerprint density at radius 3 is 2.56 bits per heavy atom. The van der Waals surface area contributed by atoms with Gasteiger partial charge in [-0.25, -0.2) is 4.79 Å². The van der Waals surface area contributed by atoms with Gasteiger partial charge in [-0.15, -0.1) is 0 Å². The number of nitro groups is 1. The predicted molar refractivity (Wildman–Crippen MR) is 60.5 cm³/mol. The number of nitrogens with one attached hydrogen (secondary N) is 1. The molecule has 0 saturated carbocycles. The van der Waals surface area contributed by atoms with E-state index in [4.69, 9.17) is 5.73 Å². The van der Waals surface area contributed by atoms with Gasteiger partial charge in [0.05, 0.1) is 15.7 Å². The molecule has 3 N–H and O–H groups in total. The van der Waals surface area contributed by atoms with Crippen molar-refractivity contribution in [3.05, 3.63) is 49.0 Å². The molecule has 1 aromatic heterocycles. The summed E-state index contributed by atoms with van der Waals surface area (Å²) in [5.74, 6) is 0. The molecule has 2 aromatic rings. The lowest BCUT2D eigenvalue weighted by molar-refractivity contribution is -0.384. The summed E-state index contributed by atoms with van der Waals surface area (Å²) in [4.78, 5) is 44.1. The third kappa shape index (κ3) is 1.63. The molecular weight excluding hydrogens is 244 g/mol. The monoisotopic (exact) mass is 250 g/mol. The van der Waals surface area contributed by atoms with Gasteiger partial charge < -0.3 is 5.73 Å². The topological polar surface area (TPSA) is 141 Å². The Labute approximate surface area is 97.6 Å². The molecule has 0 fully saturated rings. The number of amides is 1. The van der Waals surface area contributed by atoms with Gasteiger partial charge in [-0.3, -0.25) is 24.8 Å². The van der Waals surface area contributed by atoms with Crippen LogP contribution in [0.3, 0.4) is 0 Å². The highest BCUT2D eigenvalue weighted by Gasteiger charge is 2.14. The Kier molecular flexibility index (Phi) is 2.43. The van der Waals surface area contributed by atoms with Crippen molar-refractivity contribution in [3.63, 3.8) is 0 Å². The molecule has 18 heavy (non-hydrogen) atoms. The molecule has 1 amide bonds. The van der Waals surface area contributed by atoms with E-state index in [1.54, 1.807) is 0 Å². The highest BCUT2D eigenvalue weighted by molar-refractivity contribution is 5.85. The third-order valence-electron chi connectivity index (χ3n) is 2.33. The molecule has 1 aromatic carbocycles. The molecule has 2 rings (SSSR count). The summed E-state index contributed by atoms with van der Waals surface area (Å²) >= 11 is 0. The summed E-state index contributed by atoms with van der Waals surface area (Å²) in [6, 6.07) is 1.98. The zero-order valence-corrected chi connectivity index (χ0v) is 8.75. The minimum atomic E-state index is -1.14. The number of fused-ring (bicyclic) bond motifs is 1. The number of H-pyrrole nitrogens is 1. The van der Waals surface area contributed by atoms with E-state index in [0.29, 0.717) is 4.68 Å². The lowest BCUT2D eigenvalue weighted by atomic mass is 10.2. The van der Waals surface area contributed by atoms with Crippen LogP contribution < -0.4 is 16.9 Å². The Morgan fingerprint density at radius 2 is 2.00 bits per heavy atom. The summed E-state index contributed by atoms with van der Waals surface area (Å²) in [5, 5.41) is 12.2. The van der Waals surface area contributed by atoms with Crippen LogP contribution in [0.5, 0.6) is 0 Å². The molecule has 0 aliphatic rings. The molecule has 92 valence electrons. The maximum Gasteiger partial charge on any atom is 0.341 e. The van der Waals surface area contributed by atoms with Crippen LogP contribution in [0.4, 0.5) is 10.5 Å². The molecule has 0 unspecified atom stereocenters. The van der Waals surface area contributed by atoms with Crippen LogP contribution >= 0.6 is 0 Å². The predicted octanol–water partition coefficient (Wildman–Crippen LogP) is -0.475. The maximum atomic E-state index is 11.7. The van der Waals surface area contributed by atoms with E-state index >= 15 is 0 Å². The second kappa shape index (κ2) is 3.80. The lowest BCUT2D eigenvalue weighted by Gasteiger charge is -2.01. The number of aromatic nitrogens is 2. The first kappa shape index (κ1) is 11.5. The minimum Gasteiger partial charge on any atom is -0.350 e. The first-order valence-corrected chi connectivity index (χ1v) is 4.65. The smallest absolute Gasteiger partial charge is 0.341 e. The molecule has 1 heterocycles. The SMILES string of the molecule is NC(=O)n1[nH]c(=O)c2cc([N+](=O)[O-])ccc2c1=O. The van der Waals surface area contributed by atoms with Crippen LogP contribution in [0.1, 0.15) is 0 Å². The number of non-ortho nitro benzene ring substituents is 1. The van der Waals surface area contributed by atoms with E-state index in [1.165, 1.54) is 0 Å². The second-order valence-corrected chi connectivity index (χ2v) is 3.41. The quantitative estimate of drug-likeness (QED) is 0.519. The number of nitrogens with zero attached hydrogens (tertiary/aromatic N) is 2. The van der Waals surface area contributed by atoms with Gasteiger partial charge in [0, 0.05) is 12.1 Å². The molecule has 0 aliphatic heterocycles. The van der Waals surface area contributed by atoms with Gasteiger partial charge in [0.2, 0.25) is 0 Å². The van der Waals surface area contributed by atoms with Gasteiger partial charge in [-0.1, -0.05) is 0 Å². The van der Waals surface area contributed by atoms with Crippen LogP contribution in [0.25, 0.3) is 10.8 Å². The molecule has 0 radical (unpaired) electrons. The van der Waals surface area contributed by atoms with E-state index in [9.17, 15) is 24.5 Å². The maximum absolute atomic E-state index is 11.7. The van der Waals surface area contributed by atoms with Crippen LogP contribution in [-0.4, -0.2) is 20.7 Å². The summed E-state index contributed by atoms with van der Waals surface area (Å²) in [6.45, 7) is 0. The Morgan fingerprint density at radius 1 is 1.33 bits per heavy atom. The fourth-order valence-corrected chi connectivity index (χ4v) is 1.51. The summed E-state index contributed by atoms with van der Waals surface area (Å²) < 4.78 is 0.344. The summed E-state index contributed by atoms with van der Waals surface area (Å²) in [7, 11) is 0. The van der Waals surface area contributed by atoms with Gasteiger partial charge in [-0.2, -0.15) is 4.68 Å². The average molecular weight is 250 g/mol. The standard InChI is InChI=1S/C9H6N4O5/c10-9(16)12-8(15)5-2-1-4(13(17)18)3-6(5)7(14)11-12/h1-3H,(H2,10,16)(H,11,14). The number of carbonyl (C=O) groups excluding carboxylic acids is 1. The largest absolute Gasteiger partial charge is 0.350 e. The number of nitrogens with two attached hydrogens (primary N) is 1. The number of benzene rings is 1. The number of rotatable bonds is 1. The Bertz CT molecular complexity index is 788. The van der Waals surface area contributed by atoms with Crippen molar-refractivity contribution in [1.29, 1.82) is 0 Å². The number of hydrogen-bond donors (Lipinski definition) is 2. The number of carbonyl (C=O) groups is 1. The van der Waals surface area contributed by atoms with Crippen molar-refractivity contribution in [2.45, 2.75) is 0 Å². The van der Waals surface area contributed by atoms with Gasteiger partial charge in [0.1, 0.15) is 0 Å².